The Morgan fingerprint density at radius 3 is 1.95 bits per heavy atom. The normalized spacial score (nSPS) is 15.4. The Morgan fingerprint density at radius 2 is 1.40 bits per heavy atom. The Balaban J connectivity index is 1.72. The molecule has 1 fully saturated rings. The maximum atomic E-state index is 10.7. The number of aldehydes is 1. The topological polar surface area (TPSA) is 20.3 Å². The Kier molecular flexibility index (Phi) is 3.93. The summed E-state index contributed by atoms with van der Waals surface area (Å²) in [6.07, 6.45) is 3.55. The lowest BCUT2D eigenvalue weighted by atomic mass is 10.0. The highest BCUT2D eigenvalue weighted by Gasteiger charge is 2.11. The van der Waals surface area contributed by atoms with Crippen LogP contribution in [0.2, 0.25) is 0 Å². The Morgan fingerprint density at radius 1 is 0.850 bits per heavy atom. The molecule has 0 N–H and O–H groups in total. The van der Waals surface area contributed by atoms with Gasteiger partial charge < -0.3 is 0 Å². The van der Waals surface area contributed by atoms with Crippen LogP contribution in [0, 0.1) is 0 Å². The van der Waals surface area contributed by atoms with Gasteiger partial charge in [-0.25, -0.2) is 0 Å². The molecule has 2 heteroatoms. The van der Waals surface area contributed by atoms with Crippen molar-refractivity contribution < 1.29 is 4.79 Å². The van der Waals surface area contributed by atoms with E-state index in [4.69, 9.17) is 0 Å². The van der Waals surface area contributed by atoms with E-state index in [2.05, 4.69) is 29.2 Å². The molecule has 0 atom stereocenters. The van der Waals surface area contributed by atoms with Gasteiger partial charge in [0, 0.05) is 12.1 Å². The predicted molar refractivity (Wildman–Crippen MR) is 81.8 cm³/mol. The molecule has 102 valence electrons. The van der Waals surface area contributed by atoms with Gasteiger partial charge in [0.2, 0.25) is 0 Å². The van der Waals surface area contributed by atoms with Gasteiger partial charge in [-0.3, -0.25) is 9.69 Å². The average molecular weight is 265 g/mol. The first-order valence-corrected chi connectivity index (χ1v) is 7.22. The monoisotopic (exact) mass is 265 g/mol. The Bertz CT molecular complexity index is 565. The van der Waals surface area contributed by atoms with E-state index in [0.29, 0.717) is 0 Å². The summed E-state index contributed by atoms with van der Waals surface area (Å²) in [5.41, 5.74) is 4.45. The van der Waals surface area contributed by atoms with Crippen molar-refractivity contribution in [2.24, 2.45) is 0 Å². The maximum Gasteiger partial charge on any atom is 0.150 e. The number of hydrogen-bond acceptors (Lipinski definition) is 2. The molecule has 3 rings (SSSR count). The minimum Gasteiger partial charge on any atom is -0.299 e. The smallest absolute Gasteiger partial charge is 0.150 e. The molecule has 0 bridgehead atoms. The van der Waals surface area contributed by atoms with Crippen LogP contribution in [0.3, 0.4) is 0 Å². The number of hydrogen-bond donors (Lipinski definition) is 0. The summed E-state index contributed by atoms with van der Waals surface area (Å²) in [5, 5.41) is 0. The molecule has 0 unspecified atom stereocenters. The molecule has 2 aromatic rings. The van der Waals surface area contributed by atoms with Crippen molar-refractivity contribution in [2.45, 2.75) is 19.4 Å². The fraction of sp³-hybridized carbons (Fsp3) is 0.278. The molecule has 1 aliphatic heterocycles. The molecule has 0 aromatic heterocycles. The van der Waals surface area contributed by atoms with Gasteiger partial charge in [-0.15, -0.1) is 0 Å². The molecule has 2 nitrogen and oxygen atoms in total. The second-order valence-electron chi connectivity index (χ2n) is 5.42. The van der Waals surface area contributed by atoms with Crippen LogP contribution in [0.25, 0.3) is 11.1 Å². The first-order valence-electron chi connectivity index (χ1n) is 7.22. The first kappa shape index (κ1) is 13.1. The van der Waals surface area contributed by atoms with Gasteiger partial charge in [0.15, 0.2) is 0 Å². The van der Waals surface area contributed by atoms with Gasteiger partial charge >= 0.3 is 0 Å². The van der Waals surface area contributed by atoms with Crippen molar-refractivity contribution in [3.05, 3.63) is 59.7 Å². The largest absolute Gasteiger partial charge is 0.299 e. The predicted octanol–water partition coefficient (Wildman–Crippen LogP) is 3.76. The van der Waals surface area contributed by atoms with E-state index in [1.807, 2.05) is 24.3 Å². The van der Waals surface area contributed by atoms with E-state index in [9.17, 15) is 4.79 Å². The van der Waals surface area contributed by atoms with Crippen molar-refractivity contribution in [2.75, 3.05) is 13.1 Å². The van der Waals surface area contributed by atoms with Gasteiger partial charge in [0.25, 0.3) is 0 Å². The lowest BCUT2D eigenvalue weighted by molar-refractivity contribution is 0.112. The molecule has 1 aliphatic rings. The third-order valence-electron chi connectivity index (χ3n) is 3.94. The van der Waals surface area contributed by atoms with Crippen LogP contribution in [0.4, 0.5) is 0 Å². The van der Waals surface area contributed by atoms with Gasteiger partial charge in [-0.1, -0.05) is 48.5 Å². The van der Waals surface area contributed by atoms with Crippen molar-refractivity contribution in [1.82, 2.24) is 4.90 Å². The molecule has 1 heterocycles. The summed E-state index contributed by atoms with van der Waals surface area (Å²) in [5.74, 6) is 0. The molecule has 0 spiro atoms. The van der Waals surface area contributed by atoms with E-state index in [1.54, 1.807) is 0 Å². The summed E-state index contributed by atoms with van der Waals surface area (Å²) in [7, 11) is 0. The second-order valence-corrected chi connectivity index (χ2v) is 5.42. The van der Waals surface area contributed by atoms with Crippen molar-refractivity contribution in [3.63, 3.8) is 0 Å². The molecular formula is C18H19NO. The van der Waals surface area contributed by atoms with Gasteiger partial charge in [0.1, 0.15) is 6.29 Å². The van der Waals surface area contributed by atoms with E-state index in [1.165, 1.54) is 37.1 Å². The van der Waals surface area contributed by atoms with Crippen LogP contribution >= 0.6 is 0 Å². The molecule has 2 aromatic carbocycles. The molecule has 0 amide bonds. The van der Waals surface area contributed by atoms with E-state index in [0.717, 1.165) is 24.0 Å². The van der Waals surface area contributed by atoms with Gasteiger partial charge in [-0.2, -0.15) is 0 Å². The lowest BCUT2D eigenvalue weighted by Gasteiger charge is -2.14. The quantitative estimate of drug-likeness (QED) is 0.784. The van der Waals surface area contributed by atoms with E-state index >= 15 is 0 Å². The fourth-order valence-corrected chi connectivity index (χ4v) is 2.76. The van der Waals surface area contributed by atoms with Gasteiger partial charge in [0.05, 0.1) is 0 Å². The number of benzene rings is 2. The van der Waals surface area contributed by atoms with Crippen LogP contribution in [0.5, 0.6) is 0 Å². The number of nitrogens with zero attached hydrogens (tertiary/aromatic N) is 1. The maximum absolute atomic E-state index is 10.7. The van der Waals surface area contributed by atoms with Crippen molar-refractivity contribution in [1.29, 1.82) is 0 Å². The van der Waals surface area contributed by atoms with E-state index in [-0.39, 0.29) is 0 Å². The molecule has 1 saturated heterocycles. The van der Waals surface area contributed by atoms with Gasteiger partial charge in [-0.05, 0) is 42.6 Å². The molecular weight excluding hydrogens is 246 g/mol. The fourth-order valence-electron chi connectivity index (χ4n) is 2.76. The molecule has 0 saturated carbocycles. The minimum atomic E-state index is 0.722. The third kappa shape index (κ3) is 2.97. The summed E-state index contributed by atoms with van der Waals surface area (Å²) in [6, 6.07) is 16.5. The zero-order chi connectivity index (χ0) is 13.8. The Hall–Kier alpha value is -1.93. The zero-order valence-corrected chi connectivity index (χ0v) is 11.6. The number of likely N-dealkylation sites (tertiary alicyclic amines) is 1. The summed E-state index contributed by atoms with van der Waals surface area (Å²) < 4.78 is 0. The molecule has 0 aliphatic carbocycles. The summed E-state index contributed by atoms with van der Waals surface area (Å²) >= 11 is 0. The summed E-state index contributed by atoms with van der Waals surface area (Å²) in [4.78, 5) is 13.2. The highest BCUT2D eigenvalue weighted by Crippen LogP contribution is 2.21. The van der Waals surface area contributed by atoms with Crippen molar-refractivity contribution >= 4 is 6.29 Å². The van der Waals surface area contributed by atoms with Crippen LogP contribution in [-0.2, 0) is 6.54 Å². The lowest BCUT2D eigenvalue weighted by Crippen LogP contribution is -2.18. The highest BCUT2D eigenvalue weighted by molar-refractivity contribution is 5.76. The van der Waals surface area contributed by atoms with Crippen LogP contribution < -0.4 is 0 Å². The minimum absolute atomic E-state index is 0.722. The standard InChI is InChI=1S/C18H19NO/c20-14-16-5-9-18(10-6-16)17-7-3-15(4-8-17)13-19-11-1-2-12-19/h3-10,14H,1-2,11-13H2. The summed E-state index contributed by atoms with van der Waals surface area (Å²) in [6.45, 7) is 3.52. The highest BCUT2D eigenvalue weighted by atomic mass is 16.1. The Labute approximate surface area is 120 Å². The third-order valence-corrected chi connectivity index (χ3v) is 3.94. The van der Waals surface area contributed by atoms with Crippen LogP contribution in [0.15, 0.2) is 48.5 Å². The molecule has 0 radical (unpaired) electrons. The molecule has 20 heavy (non-hydrogen) atoms. The second kappa shape index (κ2) is 6.02. The van der Waals surface area contributed by atoms with Crippen molar-refractivity contribution in [3.8, 4) is 11.1 Å². The number of carbonyl (C=O) groups excluding carboxylic acids is 1. The van der Waals surface area contributed by atoms with E-state index < -0.39 is 0 Å². The first-order chi connectivity index (χ1) is 9.85. The number of rotatable bonds is 4. The SMILES string of the molecule is O=Cc1ccc(-c2ccc(CN3CCCC3)cc2)cc1. The average Bonchev–Trinajstić information content (AvgIpc) is 3.01. The van der Waals surface area contributed by atoms with Crippen LogP contribution in [-0.4, -0.2) is 24.3 Å². The number of carbonyl (C=O) groups is 1. The van der Waals surface area contributed by atoms with Crippen LogP contribution in [0.1, 0.15) is 28.8 Å². The zero-order valence-electron chi connectivity index (χ0n) is 11.6.